The van der Waals surface area contributed by atoms with Crippen molar-refractivity contribution in [2.45, 2.75) is 92.8 Å². The summed E-state index contributed by atoms with van der Waals surface area (Å²) in [6.45, 7) is 17.2. The molecule has 198 valence electrons. The molecule has 0 radical (unpaired) electrons. The van der Waals surface area contributed by atoms with Crippen LogP contribution in [0, 0.1) is 41.5 Å². The lowest BCUT2D eigenvalue weighted by Crippen LogP contribution is -2.40. The molecule has 5 rings (SSSR count). The van der Waals surface area contributed by atoms with Crippen LogP contribution in [0.25, 0.3) is 0 Å². The summed E-state index contributed by atoms with van der Waals surface area (Å²) in [6.07, 6.45) is 1.29. The number of hydrogen-bond acceptors (Lipinski definition) is 6. The molecule has 1 saturated heterocycles. The Morgan fingerprint density at radius 1 is 1.05 bits per heavy atom. The normalized spacial score (nSPS) is 20.7. The zero-order valence-electron chi connectivity index (χ0n) is 23.1. The van der Waals surface area contributed by atoms with Gasteiger partial charge in [0.2, 0.25) is 12.2 Å². The fraction of sp³-hybridized carbons (Fsp3) is 0.552. The van der Waals surface area contributed by atoms with E-state index in [1.807, 2.05) is 24.8 Å². The third-order valence-electron chi connectivity index (χ3n) is 8.35. The topological polar surface area (TPSA) is 69.5 Å². The van der Waals surface area contributed by atoms with Crippen molar-refractivity contribution in [3.63, 3.8) is 0 Å². The van der Waals surface area contributed by atoms with E-state index in [0.29, 0.717) is 19.1 Å². The summed E-state index contributed by atoms with van der Waals surface area (Å²) in [4.78, 5) is 19.8. The number of fused-ring (bicyclic) bond motifs is 1. The molecule has 2 unspecified atom stereocenters. The summed E-state index contributed by atoms with van der Waals surface area (Å²) in [5.41, 5.74) is 10.6. The Kier molecular flexibility index (Phi) is 7.27. The van der Waals surface area contributed by atoms with Crippen LogP contribution in [0.5, 0.6) is 0 Å². The standard InChI is InChI=1S/C29H38N4O3S/c1-16-12-17(2)33(31-16)13-26(34)32-10-8-23(9-11-32)28-30-25(15-37-28)29-35-14-24-20(5)18(3)19(4)21(6)27(24)22(7)36-29/h12,15,22-23,29H,8-11,13-14H2,1-7H3. The predicted octanol–water partition coefficient (Wildman–Crippen LogP) is 5.90. The van der Waals surface area contributed by atoms with Crippen LogP contribution in [-0.2, 0) is 27.4 Å². The predicted molar refractivity (Wildman–Crippen MR) is 145 cm³/mol. The summed E-state index contributed by atoms with van der Waals surface area (Å²) in [7, 11) is 0. The molecule has 37 heavy (non-hydrogen) atoms. The number of ether oxygens (including phenoxy) is 2. The molecule has 2 aliphatic heterocycles. The fourth-order valence-corrected chi connectivity index (χ4v) is 6.79. The Hall–Kier alpha value is -2.55. The molecule has 1 aromatic carbocycles. The zero-order valence-corrected chi connectivity index (χ0v) is 23.9. The molecule has 3 aromatic rings. The number of benzene rings is 1. The summed E-state index contributed by atoms with van der Waals surface area (Å²) in [5.74, 6) is 0.487. The Morgan fingerprint density at radius 2 is 1.76 bits per heavy atom. The summed E-state index contributed by atoms with van der Waals surface area (Å²) >= 11 is 1.68. The first-order valence-electron chi connectivity index (χ1n) is 13.2. The van der Waals surface area contributed by atoms with E-state index < -0.39 is 6.29 Å². The lowest BCUT2D eigenvalue weighted by atomic mass is 9.87. The van der Waals surface area contributed by atoms with E-state index in [1.165, 1.54) is 33.4 Å². The number of piperidine rings is 1. The number of carbonyl (C=O) groups excluding carboxylic acids is 1. The second-order valence-electron chi connectivity index (χ2n) is 10.7. The van der Waals surface area contributed by atoms with Crippen LogP contribution in [0.3, 0.4) is 0 Å². The second-order valence-corrected chi connectivity index (χ2v) is 11.6. The van der Waals surface area contributed by atoms with Gasteiger partial charge >= 0.3 is 0 Å². The highest BCUT2D eigenvalue weighted by molar-refractivity contribution is 7.09. The molecule has 0 aliphatic carbocycles. The molecule has 2 aromatic heterocycles. The van der Waals surface area contributed by atoms with Gasteiger partial charge in [0.05, 0.1) is 23.4 Å². The Morgan fingerprint density at radius 3 is 2.43 bits per heavy atom. The van der Waals surface area contributed by atoms with Gasteiger partial charge in [-0.15, -0.1) is 11.3 Å². The highest BCUT2D eigenvalue weighted by Crippen LogP contribution is 2.40. The fourth-order valence-electron chi connectivity index (χ4n) is 5.80. The number of aromatic nitrogens is 3. The maximum atomic E-state index is 12.8. The number of aryl methyl sites for hydroxylation is 2. The number of thiazole rings is 1. The van der Waals surface area contributed by atoms with Crippen molar-refractivity contribution >= 4 is 17.2 Å². The molecule has 0 spiro atoms. The third-order valence-corrected chi connectivity index (χ3v) is 9.37. The van der Waals surface area contributed by atoms with Gasteiger partial charge in [-0.1, -0.05) is 0 Å². The number of hydrogen-bond donors (Lipinski definition) is 0. The average Bonchev–Trinajstić information content (AvgIpc) is 3.44. The minimum atomic E-state index is -0.478. The van der Waals surface area contributed by atoms with Gasteiger partial charge < -0.3 is 14.4 Å². The molecule has 2 aliphatic rings. The molecule has 2 atom stereocenters. The van der Waals surface area contributed by atoms with Crippen LogP contribution in [0.4, 0.5) is 0 Å². The van der Waals surface area contributed by atoms with Crippen molar-refractivity contribution in [1.29, 1.82) is 0 Å². The second kappa shape index (κ2) is 10.3. The quantitative estimate of drug-likeness (QED) is 0.427. The minimum absolute atomic E-state index is 0.0675. The first-order chi connectivity index (χ1) is 17.6. The number of rotatable bonds is 4. The van der Waals surface area contributed by atoms with Crippen LogP contribution in [0.2, 0.25) is 0 Å². The van der Waals surface area contributed by atoms with E-state index in [1.54, 1.807) is 16.0 Å². The van der Waals surface area contributed by atoms with Gasteiger partial charge in [0.15, 0.2) is 0 Å². The van der Waals surface area contributed by atoms with Gasteiger partial charge in [-0.2, -0.15) is 5.10 Å². The van der Waals surface area contributed by atoms with Gasteiger partial charge in [0, 0.05) is 30.1 Å². The van der Waals surface area contributed by atoms with E-state index in [2.05, 4.69) is 45.1 Å². The third kappa shape index (κ3) is 4.99. The maximum absolute atomic E-state index is 12.8. The van der Waals surface area contributed by atoms with Gasteiger partial charge in [-0.3, -0.25) is 9.48 Å². The Balaban J connectivity index is 1.23. The van der Waals surface area contributed by atoms with E-state index in [-0.39, 0.29) is 12.0 Å². The summed E-state index contributed by atoms with van der Waals surface area (Å²) in [5, 5.41) is 7.63. The Bertz CT molecular complexity index is 1320. The maximum Gasteiger partial charge on any atom is 0.244 e. The first-order valence-corrected chi connectivity index (χ1v) is 14.1. The van der Waals surface area contributed by atoms with Crippen molar-refractivity contribution < 1.29 is 14.3 Å². The number of nitrogens with zero attached hydrogens (tertiary/aromatic N) is 4. The van der Waals surface area contributed by atoms with Crippen LogP contribution in [0.1, 0.15) is 93.5 Å². The molecule has 1 fully saturated rings. The highest BCUT2D eigenvalue weighted by Gasteiger charge is 2.31. The molecule has 0 N–H and O–H groups in total. The van der Waals surface area contributed by atoms with E-state index in [4.69, 9.17) is 14.5 Å². The molecular weight excluding hydrogens is 484 g/mol. The smallest absolute Gasteiger partial charge is 0.244 e. The summed E-state index contributed by atoms with van der Waals surface area (Å²) < 4.78 is 14.5. The number of amides is 1. The molecule has 4 heterocycles. The van der Waals surface area contributed by atoms with Gasteiger partial charge in [-0.05, 0) is 101 Å². The van der Waals surface area contributed by atoms with Gasteiger partial charge in [-0.25, -0.2) is 4.98 Å². The highest BCUT2D eigenvalue weighted by atomic mass is 32.1. The van der Waals surface area contributed by atoms with E-state index in [0.717, 1.165) is 48.0 Å². The van der Waals surface area contributed by atoms with Crippen LogP contribution >= 0.6 is 11.3 Å². The zero-order chi connectivity index (χ0) is 26.4. The lowest BCUT2D eigenvalue weighted by Gasteiger charge is -2.31. The minimum Gasteiger partial charge on any atom is -0.342 e. The molecule has 0 saturated carbocycles. The van der Waals surface area contributed by atoms with Crippen molar-refractivity contribution in [3.8, 4) is 0 Å². The summed E-state index contributed by atoms with van der Waals surface area (Å²) in [6, 6.07) is 2.01. The first kappa shape index (κ1) is 26.1. The molecule has 1 amide bonds. The average molecular weight is 523 g/mol. The largest absolute Gasteiger partial charge is 0.342 e. The Labute approximate surface area is 223 Å². The van der Waals surface area contributed by atoms with Crippen molar-refractivity contribution in [1.82, 2.24) is 19.7 Å². The van der Waals surface area contributed by atoms with Crippen molar-refractivity contribution in [2.24, 2.45) is 0 Å². The molecule has 8 heteroatoms. The SMILES string of the molecule is Cc1cc(C)n(CC(=O)N2CCC(c3nc(C4OCc5c(C)c(C)c(C)c(C)c5C(C)O4)cs3)CC2)n1. The van der Waals surface area contributed by atoms with Crippen molar-refractivity contribution in [2.75, 3.05) is 13.1 Å². The lowest BCUT2D eigenvalue weighted by molar-refractivity contribution is -0.173. The van der Waals surface area contributed by atoms with Crippen LogP contribution < -0.4 is 0 Å². The number of likely N-dealkylation sites (tertiary alicyclic amines) is 1. The number of carbonyl (C=O) groups is 1. The van der Waals surface area contributed by atoms with E-state index >= 15 is 0 Å². The van der Waals surface area contributed by atoms with Crippen molar-refractivity contribution in [3.05, 3.63) is 66.9 Å². The van der Waals surface area contributed by atoms with E-state index in [9.17, 15) is 4.79 Å². The van der Waals surface area contributed by atoms with Crippen LogP contribution in [0.15, 0.2) is 11.4 Å². The van der Waals surface area contributed by atoms with Gasteiger partial charge in [0.1, 0.15) is 12.2 Å². The molecule has 0 bridgehead atoms. The monoisotopic (exact) mass is 522 g/mol. The van der Waals surface area contributed by atoms with Gasteiger partial charge in [0.25, 0.3) is 0 Å². The molecular formula is C29H38N4O3S. The van der Waals surface area contributed by atoms with Crippen LogP contribution in [-0.4, -0.2) is 38.7 Å². The molecule has 7 nitrogen and oxygen atoms in total.